The summed E-state index contributed by atoms with van der Waals surface area (Å²) in [7, 11) is 2.58. The molecule has 1 unspecified atom stereocenters. The molecule has 0 saturated carbocycles. The third-order valence-electron chi connectivity index (χ3n) is 2.03. The topological polar surface area (TPSA) is 76.0 Å². The normalized spacial score (nSPS) is 12.0. The Balaban J connectivity index is 3.31. The highest BCUT2D eigenvalue weighted by molar-refractivity contribution is 5.75. The lowest BCUT2D eigenvalue weighted by molar-refractivity contribution is -0.147. The SMILES string of the molecule is COc1cc(F)c(C(O)C(=O)O)c(OC)c1. The summed E-state index contributed by atoms with van der Waals surface area (Å²) in [5.41, 5.74) is -0.421. The molecule has 1 aromatic rings. The van der Waals surface area contributed by atoms with Gasteiger partial charge in [0.15, 0.2) is 6.10 Å². The van der Waals surface area contributed by atoms with Crippen molar-refractivity contribution in [3.63, 3.8) is 0 Å². The number of ether oxygens (including phenoxy) is 2. The van der Waals surface area contributed by atoms with Gasteiger partial charge in [-0.3, -0.25) is 0 Å². The smallest absolute Gasteiger partial charge is 0.337 e. The van der Waals surface area contributed by atoms with Crippen LogP contribution in [0.5, 0.6) is 11.5 Å². The second-order valence-corrected chi connectivity index (χ2v) is 2.97. The number of methoxy groups -OCH3 is 2. The number of carboxylic acid groups (broad SMARTS) is 1. The average molecular weight is 230 g/mol. The molecule has 0 saturated heterocycles. The number of aliphatic hydroxyl groups is 1. The molecule has 0 heterocycles. The molecule has 16 heavy (non-hydrogen) atoms. The highest BCUT2D eigenvalue weighted by Crippen LogP contribution is 2.32. The lowest BCUT2D eigenvalue weighted by atomic mass is 10.1. The Morgan fingerprint density at radius 2 is 2.00 bits per heavy atom. The van der Waals surface area contributed by atoms with Crippen LogP contribution in [0, 0.1) is 5.82 Å². The van der Waals surface area contributed by atoms with Crippen LogP contribution in [0.3, 0.4) is 0 Å². The summed E-state index contributed by atoms with van der Waals surface area (Å²) in [6, 6.07) is 2.27. The maximum Gasteiger partial charge on any atom is 0.337 e. The van der Waals surface area contributed by atoms with Crippen LogP contribution in [0.25, 0.3) is 0 Å². The highest BCUT2D eigenvalue weighted by Gasteiger charge is 2.25. The van der Waals surface area contributed by atoms with Crippen LogP contribution in [-0.2, 0) is 4.79 Å². The molecule has 0 bridgehead atoms. The Kier molecular flexibility index (Phi) is 3.68. The van der Waals surface area contributed by atoms with Gasteiger partial charge in [-0.2, -0.15) is 0 Å². The van der Waals surface area contributed by atoms with Crippen molar-refractivity contribution in [3.8, 4) is 11.5 Å². The van der Waals surface area contributed by atoms with E-state index in [0.717, 1.165) is 6.07 Å². The summed E-state index contributed by atoms with van der Waals surface area (Å²) in [5, 5.41) is 17.9. The molecule has 0 radical (unpaired) electrons. The third-order valence-corrected chi connectivity index (χ3v) is 2.03. The van der Waals surface area contributed by atoms with Gasteiger partial charge in [0.2, 0.25) is 0 Å². The molecule has 0 aromatic heterocycles. The number of carboxylic acids is 1. The summed E-state index contributed by atoms with van der Waals surface area (Å²) in [5.74, 6) is -2.35. The highest BCUT2D eigenvalue weighted by atomic mass is 19.1. The van der Waals surface area contributed by atoms with Crippen molar-refractivity contribution < 1.29 is 28.9 Å². The third kappa shape index (κ3) is 2.22. The van der Waals surface area contributed by atoms with Gasteiger partial charge in [0.05, 0.1) is 19.8 Å². The van der Waals surface area contributed by atoms with Crippen LogP contribution >= 0.6 is 0 Å². The Hall–Kier alpha value is -1.82. The maximum atomic E-state index is 13.5. The molecule has 0 spiro atoms. The monoisotopic (exact) mass is 230 g/mol. The van der Waals surface area contributed by atoms with Crippen LogP contribution in [0.4, 0.5) is 4.39 Å². The second-order valence-electron chi connectivity index (χ2n) is 2.97. The van der Waals surface area contributed by atoms with Crippen LogP contribution in [0.15, 0.2) is 12.1 Å². The molecule has 0 aliphatic carbocycles. The van der Waals surface area contributed by atoms with Gasteiger partial charge in [-0.15, -0.1) is 0 Å². The molecule has 0 aliphatic rings. The average Bonchev–Trinajstić information content (AvgIpc) is 2.26. The van der Waals surface area contributed by atoms with Crippen molar-refractivity contribution >= 4 is 5.97 Å². The molecule has 5 nitrogen and oxygen atoms in total. The summed E-state index contributed by atoms with van der Waals surface area (Å²) in [4.78, 5) is 10.6. The van der Waals surface area contributed by atoms with Crippen molar-refractivity contribution in [2.24, 2.45) is 0 Å². The molecular weight excluding hydrogens is 219 g/mol. The number of benzene rings is 1. The minimum absolute atomic E-state index is 0.0771. The van der Waals surface area contributed by atoms with Gasteiger partial charge in [0.25, 0.3) is 0 Å². The van der Waals surface area contributed by atoms with Gasteiger partial charge in [-0.1, -0.05) is 0 Å². The Morgan fingerprint density at radius 1 is 1.38 bits per heavy atom. The van der Waals surface area contributed by atoms with Gasteiger partial charge in [0, 0.05) is 12.1 Å². The first-order valence-corrected chi connectivity index (χ1v) is 4.33. The van der Waals surface area contributed by atoms with Gasteiger partial charge in [0.1, 0.15) is 17.3 Å². The molecule has 88 valence electrons. The fourth-order valence-electron chi connectivity index (χ4n) is 1.24. The van der Waals surface area contributed by atoms with Gasteiger partial charge >= 0.3 is 5.97 Å². The number of hydrogen-bond acceptors (Lipinski definition) is 4. The summed E-state index contributed by atoms with van der Waals surface area (Å²) < 4.78 is 23.1. The van der Waals surface area contributed by atoms with E-state index in [1.807, 2.05) is 0 Å². The first kappa shape index (κ1) is 12.3. The standard InChI is InChI=1S/C10H11FO5/c1-15-5-3-6(11)8(7(4-5)16-2)9(12)10(13)14/h3-4,9,12H,1-2H3,(H,13,14). The predicted octanol–water partition coefficient (Wildman–Crippen LogP) is 0.961. The first-order chi connectivity index (χ1) is 7.51. The van der Waals surface area contributed by atoms with Crippen LogP contribution in [0.1, 0.15) is 11.7 Å². The van der Waals surface area contributed by atoms with Gasteiger partial charge < -0.3 is 19.7 Å². The molecule has 0 aliphatic heterocycles. The molecule has 1 aromatic carbocycles. The zero-order valence-electron chi connectivity index (χ0n) is 8.73. The minimum Gasteiger partial charge on any atom is -0.497 e. The summed E-state index contributed by atoms with van der Waals surface area (Å²) in [6.07, 6.45) is -1.97. The number of carbonyl (C=O) groups is 1. The van der Waals surface area contributed by atoms with E-state index in [-0.39, 0.29) is 11.5 Å². The molecule has 0 amide bonds. The second kappa shape index (κ2) is 4.80. The van der Waals surface area contributed by atoms with Crippen molar-refractivity contribution in [1.82, 2.24) is 0 Å². The van der Waals surface area contributed by atoms with Crippen LogP contribution < -0.4 is 9.47 Å². The lowest BCUT2D eigenvalue weighted by Gasteiger charge is -2.13. The molecular formula is C10H11FO5. The largest absolute Gasteiger partial charge is 0.497 e. The van der Waals surface area contributed by atoms with Gasteiger partial charge in [-0.05, 0) is 0 Å². The van der Waals surface area contributed by atoms with Crippen molar-refractivity contribution in [3.05, 3.63) is 23.5 Å². The van der Waals surface area contributed by atoms with Crippen molar-refractivity contribution in [1.29, 1.82) is 0 Å². The van der Waals surface area contributed by atoms with Crippen LogP contribution in [0.2, 0.25) is 0 Å². The number of halogens is 1. The van der Waals surface area contributed by atoms with Crippen molar-refractivity contribution in [2.45, 2.75) is 6.10 Å². The Morgan fingerprint density at radius 3 is 2.44 bits per heavy atom. The molecule has 1 atom stereocenters. The zero-order chi connectivity index (χ0) is 12.3. The molecule has 2 N–H and O–H groups in total. The number of hydrogen-bond donors (Lipinski definition) is 2. The Bertz CT molecular complexity index is 404. The quantitative estimate of drug-likeness (QED) is 0.805. The maximum absolute atomic E-state index is 13.5. The Labute approximate surface area is 91.0 Å². The number of rotatable bonds is 4. The fraction of sp³-hybridized carbons (Fsp3) is 0.300. The minimum atomic E-state index is -1.97. The van der Waals surface area contributed by atoms with Crippen molar-refractivity contribution in [2.75, 3.05) is 14.2 Å². The summed E-state index contributed by atoms with van der Waals surface area (Å²) in [6.45, 7) is 0. The van der Waals surface area contributed by atoms with E-state index >= 15 is 0 Å². The van der Waals surface area contributed by atoms with E-state index in [4.69, 9.17) is 14.6 Å². The molecule has 6 heteroatoms. The molecule has 0 fully saturated rings. The lowest BCUT2D eigenvalue weighted by Crippen LogP contribution is -2.13. The number of aliphatic carboxylic acids is 1. The van der Waals surface area contributed by atoms with Crippen LogP contribution in [-0.4, -0.2) is 30.4 Å². The van der Waals surface area contributed by atoms with E-state index < -0.39 is 23.5 Å². The number of aliphatic hydroxyl groups excluding tert-OH is 1. The zero-order valence-corrected chi connectivity index (χ0v) is 8.73. The molecule has 1 rings (SSSR count). The summed E-state index contributed by atoms with van der Waals surface area (Å²) >= 11 is 0. The van der Waals surface area contributed by atoms with E-state index in [1.165, 1.54) is 20.3 Å². The van der Waals surface area contributed by atoms with E-state index in [2.05, 4.69) is 0 Å². The van der Waals surface area contributed by atoms with E-state index in [1.54, 1.807) is 0 Å². The fourth-order valence-corrected chi connectivity index (χ4v) is 1.24. The van der Waals surface area contributed by atoms with Gasteiger partial charge in [-0.25, -0.2) is 9.18 Å². The van der Waals surface area contributed by atoms with E-state index in [0.29, 0.717) is 0 Å². The first-order valence-electron chi connectivity index (χ1n) is 4.33. The predicted molar refractivity (Wildman–Crippen MR) is 52.1 cm³/mol. The van der Waals surface area contributed by atoms with E-state index in [9.17, 15) is 14.3 Å².